The molecule has 1 aromatic heterocycles. The van der Waals surface area contributed by atoms with Crippen molar-refractivity contribution in [2.24, 2.45) is 0 Å². The summed E-state index contributed by atoms with van der Waals surface area (Å²) in [6.07, 6.45) is 0.524. The van der Waals surface area contributed by atoms with Crippen molar-refractivity contribution in [3.05, 3.63) is 103 Å². The molecule has 4 aromatic rings. The quantitative estimate of drug-likeness (QED) is 0.323. The van der Waals surface area contributed by atoms with E-state index in [4.69, 9.17) is 37.1 Å². The summed E-state index contributed by atoms with van der Waals surface area (Å²) in [6.45, 7) is 0.340. The monoisotopic (exact) mass is 509 g/mol. The highest BCUT2D eigenvalue weighted by atomic mass is 35.5. The van der Waals surface area contributed by atoms with Crippen molar-refractivity contribution in [2.45, 2.75) is 12.5 Å². The van der Waals surface area contributed by atoms with E-state index in [1.165, 1.54) is 0 Å². The van der Waals surface area contributed by atoms with Gasteiger partial charge in [-0.2, -0.15) is 0 Å². The summed E-state index contributed by atoms with van der Waals surface area (Å²) in [6, 6.07) is 16.9. The van der Waals surface area contributed by atoms with Gasteiger partial charge in [-0.15, -0.1) is 0 Å². The minimum Gasteiger partial charge on any atom is -0.493 e. The summed E-state index contributed by atoms with van der Waals surface area (Å²) < 4.78 is 16.7. The van der Waals surface area contributed by atoms with Crippen molar-refractivity contribution in [1.82, 2.24) is 4.90 Å². The highest BCUT2D eigenvalue weighted by Crippen LogP contribution is 2.39. The predicted molar refractivity (Wildman–Crippen MR) is 135 cm³/mol. The van der Waals surface area contributed by atoms with Crippen LogP contribution < -0.4 is 14.9 Å². The number of fused-ring (bicyclic) bond motifs is 2. The highest BCUT2D eigenvalue weighted by Gasteiger charge is 2.42. The molecule has 2 heterocycles. The van der Waals surface area contributed by atoms with Crippen LogP contribution in [0.15, 0.2) is 69.9 Å². The molecule has 0 radical (unpaired) electrons. The second kappa shape index (κ2) is 9.29. The van der Waals surface area contributed by atoms with Gasteiger partial charge in [0.15, 0.2) is 16.9 Å². The molecular formula is C27H21Cl2NO5. The summed E-state index contributed by atoms with van der Waals surface area (Å²) in [5.41, 5.74) is 2.01. The van der Waals surface area contributed by atoms with E-state index in [-0.39, 0.29) is 17.1 Å². The van der Waals surface area contributed by atoms with Crippen LogP contribution in [0, 0.1) is 0 Å². The molecule has 0 aliphatic carbocycles. The third-order valence-corrected chi connectivity index (χ3v) is 6.65. The Morgan fingerprint density at radius 3 is 2.43 bits per heavy atom. The Kier molecular flexibility index (Phi) is 6.17. The zero-order valence-corrected chi connectivity index (χ0v) is 20.5. The van der Waals surface area contributed by atoms with Crippen LogP contribution in [-0.2, 0) is 6.42 Å². The number of nitrogens with zero attached hydrogens (tertiary/aromatic N) is 1. The van der Waals surface area contributed by atoms with Crippen molar-refractivity contribution in [3.63, 3.8) is 0 Å². The zero-order chi connectivity index (χ0) is 24.7. The fourth-order valence-corrected chi connectivity index (χ4v) is 4.90. The molecule has 35 heavy (non-hydrogen) atoms. The molecule has 1 atom stereocenters. The first-order valence-electron chi connectivity index (χ1n) is 10.9. The van der Waals surface area contributed by atoms with Crippen molar-refractivity contribution >= 4 is 40.1 Å². The lowest BCUT2D eigenvalue weighted by molar-refractivity contribution is 0.0730. The minimum absolute atomic E-state index is 0.0436. The molecule has 8 heteroatoms. The number of ether oxygens (including phenoxy) is 2. The topological polar surface area (TPSA) is 69.0 Å². The Morgan fingerprint density at radius 1 is 0.914 bits per heavy atom. The number of methoxy groups -OCH3 is 2. The summed E-state index contributed by atoms with van der Waals surface area (Å²) in [5.74, 6) is 0.923. The van der Waals surface area contributed by atoms with Crippen LogP contribution in [0.4, 0.5) is 0 Å². The maximum atomic E-state index is 13.6. The zero-order valence-electron chi connectivity index (χ0n) is 19.0. The molecule has 1 aliphatic rings. The van der Waals surface area contributed by atoms with Gasteiger partial charge in [0.05, 0.1) is 31.2 Å². The minimum atomic E-state index is -0.643. The fourth-order valence-electron chi connectivity index (χ4n) is 4.53. The lowest BCUT2D eigenvalue weighted by Gasteiger charge is -2.25. The molecule has 178 valence electrons. The van der Waals surface area contributed by atoms with Crippen LogP contribution in [0.2, 0.25) is 10.0 Å². The van der Waals surface area contributed by atoms with Gasteiger partial charge in [-0.3, -0.25) is 9.59 Å². The lowest BCUT2D eigenvalue weighted by Crippen LogP contribution is -2.31. The molecular weight excluding hydrogens is 489 g/mol. The molecule has 6 nitrogen and oxygen atoms in total. The Bertz CT molecular complexity index is 1510. The van der Waals surface area contributed by atoms with Crippen molar-refractivity contribution in [2.75, 3.05) is 20.8 Å². The van der Waals surface area contributed by atoms with E-state index in [9.17, 15) is 9.59 Å². The Hall–Kier alpha value is -3.48. The lowest BCUT2D eigenvalue weighted by atomic mass is 9.98. The number of hydrogen-bond acceptors (Lipinski definition) is 5. The molecule has 1 amide bonds. The van der Waals surface area contributed by atoms with E-state index < -0.39 is 6.04 Å². The number of rotatable bonds is 6. The van der Waals surface area contributed by atoms with E-state index >= 15 is 0 Å². The summed E-state index contributed by atoms with van der Waals surface area (Å²) >= 11 is 12.4. The maximum absolute atomic E-state index is 13.6. The van der Waals surface area contributed by atoms with Gasteiger partial charge in [-0.05, 0) is 60.0 Å². The van der Waals surface area contributed by atoms with Gasteiger partial charge >= 0.3 is 0 Å². The van der Waals surface area contributed by atoms with E-state index in [0.717, 1.165) is 11.1 Å². The van der Waals surface area contributed by atoms with Crippen molar-refractivity contribution in [1.29, 1.82) is 0 Å². The molecule has 0 N–H and O–H groups in total. The summed E-state index contributed by atoms with van der Waals surface area (Å²) in [7, 11) is 3.15. The molecule has 0 unspecified atom stereocenters. The van der Waals surface area contributed by atoms with Gasteiger partial charge in [0.2, 0.25) is 5.76 Å². The average molecular weight is 510 g/mol. The smallest absolute Gasteiger partial charge is 0.290 e. The first-order chi connectivity index (χ1) is 16.9. The first-order valence-corrected chi connectivity index (χ1v) is 11.7. The molecule has 5 rings (SSSR count). The van der Waals surface area contributed by atoms with E-state index in [1.807, 2.05) is 24.3 Å². The number of carbonyl (C=O) groups excluding carboxylic acids is 1. The largest absolute Gasteiger partial charge is 0.493 e. The second-order valence-corrected chi connectivity index (χ2v) is 9.08. The molecule has 0 saturated carbocycles. The normalized spacial score (nSPS) is 14.9. The second-order valence-electron chi connectivity index (χ2n) is 8.21. The fraction of sp³-hybridized carbons (Fsp3) is 0.185. The number of halogens is 2. The van der Waals surface area contributed by atoms with Crippen LogP contribution >= 0.6 is 23.2 Å². The average Bonchev–Trinajstić information content (AvgIpc) is 3.14. The molecule has 3 aromatic carbocycles. The SMILES string of the molecule is COc1ccc(CCN2C(=O)c3oc4ccc(Cl)cc4c(=O)c3[C@H]2c2cccc(Cl)c2)cc1OC. The van der Waals surface area contributed by atoms with Crippen molar-refractivity contribution < 1.29 is 18.7 Å². The van der Waals surface area contributed by atoms with Gasteiger partial charge < -0.3 is 18.8 Å². The molecule has 1 aliphatic heterocycles. The molecule has 0 bridgehead atoms. The van der Waals surface area contributed by atoms with Crippen LogP contribution in [-0.4, -0.2) is 31.6 Å². The predicted octanol–water partition coefficient (Wildman–Crippen LogP) is 5.90. The maximum Gasteiger partial charge on any atom is 0.290 e. The Morgan fingerprint density at radius 2 is 1.69 bits per heavy atom. The van der Waals surface area contributed by atoms with Gasteiger partial charge in [0.25, 0.3) is 5.91 Å². The Labute approximate surface area is 211 Å². The van der Waals surface area contributed by atoms with E-state index in [1.54, 1.807) is 55.5 Å². The third kappa shape index (κ3) is 4.13. The number of amides is 1. The molecule has 0 fully saturated rings. The first kappa shape index (κ1) is 23.3. The molecule has 0 saturated heterocycles. The van der Waals surface area contributed by atoms with Gasteiger partial charge in [-0.25, -0.2) is 0 Å². The van der Waals surface area contributed by atoms with E-state index in [2.05, 4.69) is 0 Å². The summed E-state index contributed by atoms with van der Waals surface area (Å²) in [5, 5.41) is 1.26. The highest BCUT2D eigenvalue weighted by molar-refractivity contribution is 6.31. The standard InChI is InChI=1S/C27H21Cl2NO5/c1-33-21-8-6-15(12-22(21)34-2)10-11-30-24(16-4-3-5-17(28)13-16)23-25(31)19-14-18(29)7-9-20(19)35-26(23)27(30)32/h3-9,12-14,24H,10-11H2,1-2H3/t24-/m1/s1. The number of benzene rings is 3. The van der Waals surface area contributed by atoms with Crippen LogP contribution in [0.1, 0.15) is 33.3 Å². The van der Waals surface area contributed by atoms with Crippen LogP contribution in [0.5, 0.6) is 11.5 Å². The van der Waals surface area contributed by atoms with Gasteiger partial charge in [0.1, 0.15) is 5.58 Å². The molecule has 0 spiro atoms. The third-order valence-electron chi connectivity index (χ3n) is 6.18. The summed E-state index contributed by atoms with van der Waals surface area (Å²) in [4.78, 5) is 28.8. The van der Waals surface area contributed by atoms with Crippen LogP contribution in [0.25, 0.3) is 11.0 Å². The van der Waals surface area contributed by atoms with Gasteiger partial charge in [-0.1, -0.05) is 41.4 Å². The number of carbonyl (C=O) groups is 1. The van der Waals surface area contributed by atoms with Gasteiger partial charge in [0, 0.05) is 16.6 Å². The van der Waals surface area contributed by atoms with E-state index in [0.29, 0.717) is 51.0 Å². The van der Waals surface area contributed by atoms with Crippen LogP contribution in [0.3, 0.4) is 0 Å². The van der Waals surface area contributed by atoms with Crippen molar-refractivity contribution in [3.8, 4) is 11.5 Å². The Balaban J connectivity index is 1.59. The number of hydrogen-bond donors (Lipinski definition) is 0.